The topological polar surface area (TPSA) is 35.2 Å². The highest BCUT2D eigenvalue weighted by molar-refractivity contribution is 5.36. The van der Waals surface area contributed by atoms with Crippen LogP contribution in [0.15, 0.2) is 24.3 Å². The van der Waals surface area contributed by atoms with Gasteiger partial charge in [0, 0.05) is 11.6 Å². The highest BCUT2D eigenvalue weighted by Gasteiger charge is 2.18. The molecule has 0 bridgehead atoms. The van der Waals surface area contributed by atoms with E-state index in [0.29, 0.717) is 5.56 Å². The van der Waals surface area contributed by atoms with Crippen LogP contribution in [-0.4, -0.2) is 6.61 Å². The Kier molecular flexibility index (Phi) is 4.68. The molecule has 0 saturated heterocycles. The number of hydrogen-bond acceptors (Lipinski definition) is 2. The van der Waals surface area contributed by atoms with Crippen molar-refractivity contribution in [3.8, 4) is 5.75 Å². The van der Waals surface area contributed by atoms with Crippen LogP contribution in [0.2, 0.25) is 0 Å². The molecule has 2 nitrogen and oxygen atoms in total. The van der Waals surface area contributed by atoms with Crippen molar-refractivity contribution in [2.45, 2.75) is 32.9 Å². The lowest BCUT2D eigenvalue weighted by molar-refractivity contribution is -0.0507. The van der Waals surface area contributed by atoms with Gasteiger partial charge in [-0.1, -0.05) is 38.5 Å². The van der Waals surface area contributed by atoms with E-state index < -0.39 is 6.61 Å². The van der Waals surface area contributed by atoms with E-state index in [9.17, 15) is 8.78 Å². The molecule has 0 amide bonds. The average molecular weight is 229 g/mol. The van der Waals surface area contributed by atoms with Crippen LogP contribution >= 0.6 is 0 Å². The summed E-state index contributed by atoms with van der Waals surface area (Å²) in [5.41, 5.74) is 6.64. The second-order valence-electron chi connectivity index (χ2n) is 3.83. The number of rotatable bonds is 5. The molecule has 16 heavy (non-hydrogen) atoms. The number of alkyl halides is 2. The summed E-state index contributed by atoms with van der Waals surface area (Å²) in [7, 11) is 0. The molecular weight excluding hydrogens is 212 g/mol. The Hall–Kier alpha value is -1.16. The van der Waals surface area contributed by atoms with E-state index in [2.05, 4.69) is 4.74 Å². The quantitative estimate of drug-likeness (QED) is 0.840. The number of nitrogens with two attached hydrogens (primary N) is 1. The molecule has 90 valence electrons. The summed E-state index contributed by atoms with van der Waals surface area (Å²) >= 11 is 0. The predicted molar refractivity (Wildman–Crippen MR) is 59.5 cm³/mol. The molecule has 2 N–H and O–H groups in total. The first-order valence-corrected chi connectivity index (χ1v) is 5.35. The van der Waals surface area contributed by atoms with E-state index in [1.54, 1.807) is 18.2 Å². The van der Waals surface area contributed by atoms with Gasteiger partial charge in [0.05, 0.1) is 0 Å². The third-order valence-corrected chi connectivity index (χ3v) is 2.75. The molecule has 0 heterocycles. The van der Waals surface area contributed by atoms with Crippen molar-refractivity contribution >= 4 is 0 Å². The van der Waals surface area contributed by atoms with Crippen LogP contribution in [0.5, 0.6) is 5.75 Å². The van der Waals surface area contributed by atoms with Crippen molar-refractivity contribution in [3.05, 3.63) is 29.8 Å². The lowest BCUT2D eigenvalue weighted by atomic mass is 9.93. The molecule has 0 aliphatic carbocycles. The first-order valence-electron chi connectivity index (χ1n) is 5.35. The molecule has 2 atom stereocenters. The second-order valence-corrected chi connectivity index (χ2v) is 3.83. The van der Waals surface area contributed by atoms with Gasteiger partial charge in [-0.3, -0.25) is 0 Å². The van der Waals surface area contributed by atoms with Gasteiger partial charge in [0.15, 0.2) is 0 Å². The fraction of sp³-hybridized carbons (Fsp3) is 0.500. The van der Waals surface area contributed by atoms with Crippen molar-refractivity contribution in [1.29, 1.82) is 0 Å². The lowest BCUT2D eigenvalue weighted by Gasteiger charge is -2.21. The van der Waals surface area contributed by atoms with Gasteiger partial charge in [0.25, 0.3) is 0 Å². The van der Waals surface area contributed by atoms with Gasteiger partial charge in [0.2, 0.25) is 0 Å². The molecule has 1 aromatic carbocycles. The van der Waals surface area contributed by atoms with Crippen LogP contribution in [0.4, 0.5) is 8.78 Å². The Bertz CT molecular complexity index is 331. The maximum absolute atomic E-state index is 12.2. The number of para-hydroxylation sites is 1. The highest BCUT2D eigenvalue weighted by atomic mass is 19.3. The van der Waals surface area contributed by atoms with Crippen LogP contribution in [0.3, 0.4) is 0 Å². The molecule has 0 aromatic heterocycles. The summed E-state index contributed by atoms with van der Waals surface area (Å²) in [6.07, 6.45) is 0.893. The molecule has 0 saturated carbocycles. The van der Waals surface area contributed by atoms with Gasteiger partial charge in [0.1, 0.15) is 5.75 Å². The maximum Gasteiger partial charge on any atom is 0.387 e. The Morgan fingerprint density at radius 2 is 1.94 bits per heavy atom. The Morgan fingerprint density at radius 1 is 1.31 bits per heavy atom. The summed E-state index contributed by atoms with van der Waals surface area (Å²) in [5.74, 6) is 0.396. The first-order chi connectivity index (χ1) is 7.56. The van der Waals surface area contributed by atoms with Gasteiger partial charge >= 0.3 is 6.61 Å². The van der Waals surface area contributed by atoms with E-state index in [-0.39, 0.29) is 17.7 Å². The molecule has 0 spiro atoms. The van der Waals surface area contributed by atoms with Crippen LogP contribution in [0.1, 0.15) is 31.9 Å². The Balaban J connectivity index is 2.93. The van der Waals surface area contributed by atoms with Crippen molar-refractivity contribution in [2.75, 3.05) is 0 Å². The lowest BCUT2D eigenvalue weighted by Crippen LogP contribution is -2.20. The first kappa shape index (κ1) is 12.9. The van der Waals surface area contributed by atoms with E-state index >= 15 is 0 Å². The molecule has 1 unspecified atom stereocenters. The van der Waals surface area contributed by atoms with E-state index in [1.165, 1.54) is 6.07 Å². The smallest absolute Gasteiger partial charge is 0.387 e. The largest absolute Gasteiger partial charge is 0.434 e. The number of ether oxygens (including phenoxy) is 1. The highest BCUT2D eigenvalue weighted by Crippen LogP contribution is 2.30. The minimum absolute atomic E-state index is 0.172. The van der Waals surface area contributed by atoms with Crippen LogP contribution in [0, 0.1) is 5.92 Å². The molecule has 0 aliphatic heterocycles. The van der Waals surface area contributed by atoms with Crippen molar-refractivity contribution in [2.24, 2.45) is 11.7 Å². The third kappa shape index (κ3) is 3.17. The Morgan fingerprint density at radius 3 is 2.50 bits per heavy atom. The average Bonchev–Trinajstić information content (AvgIpc) is 2.27. The van der Waals surface area contributed by atoms with Crippen molar-refractivity contribution in [3.63, 3.8) is 0 Å². The van der Waals surface area contributed by atoms with Gasteiger partial charge < -0.3 is 10.5 Å². The normalized spacial score (nSPS) is 14.9. The van der Waals surface area contributed by atoms with E-state index in [0.717, 1.165) is 6.42 Å². The molecule has 0 radical (unpaired) electrons. The van der Waals surface area contributed by atoms with E-state index in [1.807, 2.05) is 13.8 Å². The summed E-state index contributed by atoms with van der Waals surface area (Å²) in [4.78, 5) is 0. The zero-order valence-corrected chi connectivity index (χ0v) is 9.49. The SMILES string of the molecule is CCC(C)[C@@H](N)c1ccccc1OC(F)F. The van der Waals surface area contributed by atoms with E-state index in [4.69, 9.17) is 5.73 Å². The van der Waals surface area contributed by atoms with Gasteiger partial charge in [-0.2, -0.15) is 8.78 Å². The fourth-order valence-corrected chi connectivity index (χ4v) is 1.52. The van der Waals surface area contributed by atoms with Crippen LogP contribution < -0.4 is 10.5 Å². The molecule has 1 aromatic rings. The fourth-order valence-electron chi connectivity index (χ4n) is 1.52. The number of benzene rings is 1. The second kappa shape index (κ2) is 5.80. The van der Waals surface area contributed by atoms with Crippen LogP contribution in [0.25, 0.3) is 0 Å². The van der Waals surface area contributed by atoms with Gasteiger partial charge in [-0.15, -0.1) is 0 Å². The summed E-state index contributed by atoms with van der Waals surface area (Å²) in [5, 5.41) is 0. The summed E-state index contributed by atoms with van der Waals surface area (Å²) in [6.45, 7) is 1.19. The standard InChI is InChI=1S/C12H17F2NO/c1-3-8(2)11(15)9-6-4-5-7-10(9)16-12(13)14/h4-8,11-12H,3,15H2,1-2H3/t8?,11-/m1/s1. The van der Waals surface area contributed by atoms with Crippen molar-refractivity contribution < 1.29 is 13.5 Å². The molecule has 4 heteroatoms. The summed E-state index contributed by atoms with van der Waals surface area (Å²) < 4.78 is 28.8. The molecule has 0 fully saturated rings. The summed E-state index contributed by atoms with van der Waals surface area (Å²) in [6, 6.07) is 6.40. The zero-order valence-electron chi connectivity index (χ0n) is 9.49. The molecule has 0 aliphatic rings. The Labute approximate surface area is 94.4 Å². The number of hydrogen-bond donors (Lipinski definition) is 1. The van der Waals surface area contributed by atoms with Gasteiger partial charge in [-0.05, 0) is 12.0 Å². The molecule has 1 rings (SSSR count). The zero-order chi connectivity index (χ0) is 12.1. The number of halogens is 2. The minimum Gasteiger partial charge on any atom is -0.434 e. The maximum atomic E-state index is 12.2. The van der Waals surface area contributed by atoms with Crippen molar-refractivity contribution in [1.82, 2.24) is 0 Å². The van der Waals surface area contributed by atoms with Crippen LogP contribution in [-0.2, 0) is 0 Å². The van der Waals surface area contributed by atoms with Gasteiger partial charge in [-0.25, -0.2) is 0 Å². The monoisotopic (exact) mass is 229 g/mol. The predicted octanol–water partition coefficient (Wildman–Crippen LogP) is 3.33. The third-order valence-electron chi connectivity index (χ3n) is 2.75. The molecular formula is C12H17F2NO. The minimum atomic E-state index is -2.81.